The van der Waals surface area contributed by atoms with Crippen LogP contribution in [0, 0.1) is 12.3 Å². The summed E-state index contributed by atoms with van der Waals surface area (Å²) >= 11 is 3.13. The Hall–Kier alpha value is -4.80. The van der Waals surface area contributed by atoms with Crippen molar-refractivity contribution in [1.82, 2.24) is 35.6 Å². The summed E-state index contributed by atoms with van der Waals surface area (Å²) in [5.41, 5.74) is 5.24. The molecule has 3 aromatic heterocycles. The zero-order chi connectivity index (χ0) is 39.7. The van der Waals surface area contributed by atoms with Crippen LogP contribution in [0.25, 0.3) is 31.9 Å². The first kappa shape index (κ1) is 39.4. The number of nitrogens with one attached hydrogen (secondary N) is 2. The Morgan fingerprint density at radius 1 is 1.02 bits per heavy atom. The number of thiazole rings is 1. The van der Waals surface area contributed by atoms with Crippen LogP contribution in [-0.4, -0.2) is 102 Å². The van der Waals surface area contributed by atoms with Gasteiger partial charge in [0.15, 0.2) is 0 Å². The molecule has 13 nitrogen and oxygen atoms in total. The van der Waals surface area contributed by atoms with Gasteiger partial charge in [0, 0.05) is 60.8 Å². The molecule has 2 aliphatic heterocycles. The number of rotatable bonds is 12. The van der Waals surface area contributed by atoms with Crippen LogP contribution in [0.4, 0.5) is 0 Å². The number of aryl methyl sites for hydroxylation is 1. The molecule has 4 atom stereocenters. The predicted molar refractivity (Wildman–Crippen MR) is 216 cm³/mol. The Balaban J connectivity index is 0.903. The maximum atomic E-state index is 14.0. The predicted octanol–water partition coefficient (Wildman–Crippen LogP) is 4.80. The molecule has 5 N–H and O–H groups in total. The molecule has 3 amide bonds. The maximum Gasteiger partial charge on any atom is 0.246 e. The Labute approximate surface area is 333 Å². The van der Waals surface area contributed by atoms with E-state index < -0.39 is 35.7 Å². The van der Waals surface area contributed by atoms with E-state index in [0.717, 1.165) is 36.8 Å². The first-order valence-electron chi connectivity index (χ1n) is 18.8. The highest BCUT2D eigenvalue weighted by Gasteiger charge is 2.44. The van der Waals surface area contributed by atoms with E-state index in [-0.39, 0.29) is 55.8 Å². The van der Waals surface area contributed by atoms with Crippen molar-refractivity contribution in [3.8, 4) is 27.4 Å². The van der Waals surface area contributed by atoms with Crippen molar-refractivity contribution < 1.29 is 29.7 Å². The number of hydrogen-bond acceptors (Lipinski definition) is 12. The number of phenolic OH excluding ortho intramolecular Hbond substituents is 1. The number of carbonyl (C=O) groups is 3. The molecular weight excluding hydrogens is 751 g/mol. The second kappa shape index (κ2) is 16.4. The molecule has 7 rings (SSSR count). The van der Waals surface area contributed by atoms with E-state index in [1.165, 1.54) is 4.90 Å². The molecule has 2 saturated heterocycles. The molecule has 2 fully saturated rings. The molecule has 5 aromatic rings. The fraction of sp³-hybridized carbons (Fsp3) is 0.415. The van der Waals surface area contributed by atoms with Gasteiger partial charge in [0.25, 0.3) is 0 Å². The number of fused-ring (bicyclic) bond motifs is 1. The molecule has 0 radical (unpaired) electrons. The molecule has 0 aliphatic carbocycles. The van der Waals surface area contributed by atoms with E-state index in [1.54, 1.807) is 40.9 Å². The van der Waals surface area contributed by atoms with Gasteiger partial charge in [-0.3, -0.25) is 19.3 Å². The molecule has 56 heavy (non-hydrogen) atoms. The second-order valence-electron chi connectivity index (χ2n) is 15.8. The first-order chi connectivity index (χ1) is 26.7. The van der Waals surface area contributed by atoms with Crippen LogP contribution < -0.4 is 10.6 Å². The van der Waals surface area contributed by atoms with Crippen LogP contribution in [-0.2, 0) is 20.9 Å². The lowest BCUT2D eigenvalue weighted by Gasteiger charge is -2.42. The van der Waals surface area contributed by atoms with Gasteiger partial charge in [-0.05, 0) is 54.2 Å². The number of likely N-dealkylation sites (tertiary alicyclic amines) is 2. The highest BCUT2D eigenvalue weighted by molar-refractivity contribution is 7.18. The van der Waals surface area contributed by atoms with Crippen LogP contribution in [0.3, 0.4) is 0 Å². The van der Waals surface area contributed by atoms with Gasteiger partial charge in [0.2, 0.25) is 17.7 Å². The molecule has 294 valence electrons. The van der Waals surface area contributed by atoms with E-state index in [1.807, 2.05) is 74.5 Å². The third-order valence-electron chi connectivity index (χ3n) is 10.6. The van der Waals surface area contributed by atoms with Gasteiger partial charge in [-0.1, -0.05) is 57.2 Å². The molecule has 1 unspecified atom stereocenters. The van der Waals surface area contributed by atoms with E-state index in [2.05, 4.69) is 31.9 Å². The SMILES string of the molecule is Cc1ncsc1-c1ccc(CNC(=O)[C@@H]2C[C@@H](O)CN2C(=O)[C@@H](NC(=O)CCC(O)N2CC(c3cc4cc(-c5ccccc5O)nnc4s3)C2)C(C)(C)C)cc1. The van der Waals surface area contributed by atoms with Crippen LogP contribution in [0.5, 0.6) is 5.75 Å². The van der Waals surface area contributed by atoms with Crippen LogP contribution in [0.15, 0.2) is 66.2 Å². The largest absolute Gasteiger partial charge is 0.507 e. The van der Waals surface area contributed by atoms with Gasteiger partial charge < -0.3 is 30.9 Å². The normalized spacial score (nSPS) is 18.8. The number of para-hydroxylation sites is 1. The number of thiophene rings is 1. The Morgan fingerprint density at radius 2 is 1.77 bits per heavy atom. The number of aromatic hydroxyl groups is 1. The average Bonchev–Trinajstić information content (AvgIpc) is 3.88. The van der Waals surface area contributed by atoms with Gasteiger partial charge >= 0.3 is 0 Å². The lowest BCUT2D eigenvalue weighted by molar-refractivity contribution is -0.144. The van der Waals surface area contributed by atoms with Crippen LogP contribution in [0.1, 0.15) is 62.1 Å². The average molecular weight is 798 g/mol. The van der Waals surface area contributed by atoms with Crippen molar-refractivity contribution in [2.24, 2.45) is 5.41 Å². The fourth-order valence-electron chi connectivity index (χ4n) is 7.29. The Morgan fingerprint density at radius 3 is 2.46 bits per heavy atom. The van der Waals surface area contributed by atoms with Crippen molar-refractivity contribution in [1.29, 1.82) is 0 Å². The molecule has 2 aliphatic rings. The minimum Gasteiger partial charge on any atom is -0.507 e. The number of aliphatic hydroxyl groups is 2. The minimum absolute atomic E-state index is 0.00364. The van der Waals surface area contributed by atoms with Gasteiger partial charge in [-0.15, -0.1) is 32.9 Å². The zero-order valence-corrected chi connectivity index (χ0v) is 33.4. The molecule has 15 heteroatoms. The first-order valence-corrected chi connectivity index (χ1v) is 20.5. The third kappa shape index (κ3) is 8.61. The zero-order valence-electron chi connectivity index (χ0n) is 31.8. The lowest BCUT2D eigenvalue weighted by Crippen LogP contribution is -2.58. The summed E-state index contributed by atoms with van der Waals surface area (Å²) < 4.78 is 0. The Bertz CT molecular complexity index is 2210. The van der Waals surface area contributed by atoms with Crippen molar-refractivity contribution in [2.75, 3.05) is 19.6 Å². The smallest absolute Gasteiger partial charge is 0.246 e. The van der Waals surface area contributed by atoms with Crippen molar-refractivity contribution >= 4 is 50.6 Å². The van der Waals surface area contributed by atoms with Gasteiger partial charge in [0.05, 0.1) is 27.9 Å². The fourth-order valence-corrected chi connectivity index (χ4v) is 9.14. The maximum absolute atomic E-state index is 14.0. The van der Waals surface area contributed by atoms with Crippen LogP contribution >= 0.6 is 22.7 Å². The monoisotopic (exact) mass is 797 g/mol. The van der Waals surface area contributed by atoms with Crippen molar-refractivity contribution in [3.63, 3.8) is 0 Å². The highest BCUT2D eigenvalue weighted by atomic mass is 32.1. The Kier molecular flexibility index (Phi) is 11.5. The molecule has 0 saturated carbocycles. The number of aliphatic hydroxyl groups excluding tert-OH is 2. The number of aromatic nitrogens is 3. The molecule has 5 heterocycles. The van der Waals surface area contributed by atoms with E-state index >= 15 is 0 Å². The summed E-state index contributed by atoms with van der Waals surface area (Å²) in [6, 6.07) is 17.1. The van der Waals surface area contributed by atoms with E-state index in [4.69, 9.17) is 0 Å². The number of phenols is 1. The lowest BCUT2D eigenvalue weighted by atomic mass is 9.85. The molecule has 0 bridgehead atoms. The summed E-state index contributed by atoms with van der Waals surface area (Å²) in [5.74, 6) is -0.831. The minimum atomic E-state index is -0.952. The summed E-state index contributed by atoms with van der Waals surface area (Å²) in [6.07, 6.45) is -1.42. The number of hydrogen-bond donors (Lipinski definition) is 5. The van der Waals surface area contributed by atoms with E-state index in [0.29, 0.717) is 24.3 Å². The standard InChI is InChI=1S/C41H47N7O6S2/c1-23-36(55-22-43-23)25-11-9-24(10-12-25)18-42-38(53)31-17-28(49)21-48(31)40(54)37(41(2,3)4)44-34(51)13-14-35(52)47-19-27(20-47)33-16-26-15-30(45-46-39(26)56-33)29-7-5-6-8-32(29)50/h5-12,15-16,22,27-28,31,35,37,49-50,52H,13-14,17-21H2,1-4H3,(H,42,53)(H,44,51)/t28-,31+,35?,37-/m1/s1. The van der Waals surface area contributed by atoms with Gasteiger partial charge in [-0.2, -0.15) is 0 Å². The number of benzene rings is 2. The van der Waals surface area contributed by atoms with Gasteiger partial charge in [0.1, 0.15) is 28.9 Å². The number of carbonyl (C=O) groups excluding carboxylic acids is 3. The van der Waals surface area contributed by atoms with Crippen molar-refractivity contribution in [3.05, 3.63) is 82.3 Å². The third-order valence-corrected chi connectivity index (χ3v) is 12.7. The number of β-amino-alcohol motifs (C(OH)–C–C–N with tert-alkyl or cyclic N) is 1. The summed E-state index contributed by atoms with van der Waals surface area (Å²) in [6.45, 7) is 8.99. The quantitative estimate of drug-likeness (QED) is 0.118. The molecular formula is C41H47N7O6S2. The second-order valence-corrected chi connectivity index (χ2v) is 17.7. The van der Waals surface area contributed by atoms with Gasteiger partial charge in [-0.25, -0.2) is 4.98 Å². The van der Waals surface area contributed by atoms with Crippen LogP contribution in [0.2, 0.25) is 0 Å². The van der Waals surface area contributed by atoms with Crippen molar-refractivity contribution in [2.45, 2.75) is 83.8 Å². The topological polar surface area (TPSA) is 181 Å². The number of nitrogens with zero attached hydrogens (tertiary/aromatic N) is 5. The molecule has 2 aromatic carbocycles. The highest BCUT2D eigenvalue weighted by Crippen LogP contribution is 2.38. The number of amides is 3. The summed E-state index contributed by atoms with van der Waals surface area (Å²) in [4.78, 5) is 51.4. The summed E-state index contributed by atoms with van der Waals surface area (Å²) in [7, 11) is 0. The van der Waals surface area contributed by atoms with E-state index in [9.17, 15) is 29.7 Å². The molecule has 0 spiro atoms. The summed E-state index contributed by atoms with van der Waals surface area (Å²) in [5, 5.41) is 47.2.